The number of aromatic nitrogens is 3. The van der Waals surface area contributed by atoms with Gasteiger partial charge in [-0.2, -0.15) is 5.10 Å². The van der Waals surface area contributed by atoms with Crippen LogP contribution in [-0.2, 0) is 6.54 Å². The second-order valence-corrected chi connectivity index (χ2v) is 10.1. The van der Waals surface area contributed by atoms with Crippen molar-refractivity contribution in [1.29, 1.82) is 0 Å². The fourth-order valence-corrected chi connectivity index (χ4v) is 5.04. The zero-order valence-corrected chi connectivity index (χ0v) is 23.2. The number of amides is 3. The predicted octanol–water partition coefficient (Wildman–Crippen LogP) is 6.18. The largest absolute Gasteiger partial charge is 0.339 e. The molecule has 3 heterocycles. The van der Waals surface area contributed by atoms with Gasteiger partial charge >= 0.3 is 6.03 Å². The monoisotopic (exact) mass is 576 g/mol. The summed E-state index contributed by atoms with van der Waals surface area (Å²) >= 11 is 12.2. The van der Waals surface area contributed by atoms with Gasteiger partial charge in [0, 0.05) is 43.2 Å². The maximum atomic E-state index is 13.0. The van der Waals surface area contributed by atoms with Crippen molar-refractivity contribution in [2.24, 2.45) is 0 Å². The number of hydrogen-bond acceptors (Lipinski definition) is 5. The van der Waals surface area contributed by atoms with E-state index in [2.05, 4.69) is 20.7 Å². The van der Waals surface area contributed by atoms with Crippen LogP contribution in [0.5, 0.6) is 0 Å². The maximum Gasteiger partial charge on any atom is 0.323 e. The number of carbonyl (C=O) groups is 2. The highest BCUT2D eigenvalue weighted by Gasteiger charge is 2.20. The Balaban J connectivity index is 1.44. The number of anilines is 2. The summed E-state index contributed by atoms with van der Waals surface area (Å²) < 4.78 is 1.28. The third kappa shape index (κ3) is 5.85. The number of aryl methyl sites for hydroxylation is 1. The molecule has 4 aromatic rings. The molecule has 1 aliphatic rings. The number of benzene rings is 2. The average Bonchev–Trinajstić information content (AvgIpc) is 3.51. The first-order chi connectivity index (χ1) is 19.3. The van der Waals surface area contributed by atoms with Crippen molar-refractivity contribution < 1.29 is 9.59 Å². The molecule has 3 amide bonds. The van der Waals surface area contributed by atoms with Crippen LogP contribution in [0.4, 0.5) is 16.2 Å². The molecule has 0 atom stereocenters. The van der Waals surface area contributed by atoms with Crippen molar-refractivity contribution >= 4 is 46.5 Å². The standard InChI is InChI=1S/C29H26Cl2N6O3/c1-2-37-28(39)25(33-29(40)34-26-22(30)16-32-17-23(26)31)15-24(35-37)20-9-5-7-18(13-20)19-8-6-10-21(14-19)27(38)36-11-3-4-12-36/h5-10,13-17H,2-4,11-12H2,1H3,(H2,32,33,34,40). The summed E-state index contributed by atoms with van der Waals surface area (Å²) in [6.07, 6.45) is 4.76. The minimum Gasteiger partial charge on any atom is -0.339 e. The third-order valence-corrected chi connectivity index (χ3v) is 7.18. The zero-order chi connectivity index (χ0) is 28.2. The molecule has 9 nitrogen and oxygen atoms in total. The molecule has 0 spiro atoms. The van der Waals surface area contributed by atoms with Crippen molar-refractivity contribution in [2.45, 2.75) is 26.3 Å². The molecule has 0 saturated carbocycles. The second kappa shape index (κ2) is 11.9. The van der Waals surface area contributed by atoms with E-state index in [1.54, 1.807) is 6.92 Å². The Morgan fingerprint density at radius 1 is 0.900 bits per heavy atom. The smallest absolute Gasteiger partial charge is 0.323 e. The molecule has 0 bridgehead atoms. The molecule has 1 fully saturated rings. The molecule has 0 radical (unpaired) electrons. The minimum atomic E-state index is -0.694. The topological polar surface area (TPSA) is 109 Å². The third-order valence-electron chi connectivity index (χ3n) is 6.61. The molecular weight excluding hydrogens is 551 g/mol. The van der Waals surface area contributed by atoms with Crippen molar-refractivity contribution in [3.05, 3.63) is 93.0 Å². The number of rotatable bonds is 6. The summed E-state index contributed by atoms with van der Waals surface area (Å²) in [5.74, 6) is 0.0375. The lowest BCUT2D eigenvalue weighted by atomic mass is 9.99. The summed E-state index contributed by atoms with van der Waals surface area (Å²) in [4.78, 5) is 44.4. The highest BCUT2D eigenvalue weighted by Crippen LogP contribution is 2.29. The van der Waals surface area contributed by atoms with Gasteiger partial charge in [-0.3, -0.25) is 14.6 Å². The van der Waals surface area contributed by atoms with Gasteiger partial charge in [0.15, 0.2) is 0 Å². The molecule has 204 valence electrons. The summed E-state index contributed by atoms with van der Waals surface area (Å²) in [7, 11) is 0. The fraction of sp³-hybridized carbons (Fsp3) is 0.207. The fourth-order valence-electron chi connectivity index (χ4n) is 4.58. The number of halogens is 2. The Kier molecular flexibility index (Phi) is 8.14. The Bertz CT molecular complexity index is 1630. The molecule has 5 rings (SSSR count). The molecule has 0 unspecified atom stereocenters. The van der Waals surface area contributed by atoms with Crippen LogP contribution in [0.3, 0.4) is 0 Å². The summed E-state index contributed by atoms with van der Waals surface area (Å²) in [6, 6.07) is 16.0. The molecule has 11 heteroatoms. The minimum absolute atomic E-state index is 0.0364. The lowest BCUT2D eigenvalue weighted by Crippen LogP contribution is -2.29. The van der Waals surface area contributed by atoms with Crippen molar-refractivity contribution in [3.63, 3.8) is 0 Å². The quantitative estimate of drug-likeness (QED) is 0.285. The van der Waals surface area contributed by atoms with Crippen molar-refractivity contribution in [1.82, 2.24) is 19.7 Å². The van der Waals surface area contributed by atoms with Crippen LogP contribution in [0.25, 0.3) is 22.4 Å². The van der Waals surface area contributed by atoms with E-state index in [1.165, 1.54) is 23.1 Å². The molecule has 1 aliphatic heterocycles. The van der Waals surface area contributed by atoms with Crippen LogP contribution in [0, 0.1) is 0 Å². The molecule has 40 heavy (non-hydrogen) atoms. The predicted molar refractivity (Wildman–Crippen MR) is 157 cm³/mol. The van der Waals surface area contributed by atoms with E-state index in [9.17, 15) is 14.4 Å². The van der Waals surface area contributed by atoms with Gasteiger partial charge in [0.05, 0.1) is 21.4 Å². The van der Waals surface area contributed by atoms with Crippen LogP contribution in [-0.4, -0.2) is 44.7 Å². The van der Waals surface area contributed by atoms with Gasteiger partial charge < -0.3 is 15.5 Å². The van der Waals surface area contributed by atoms with Crippen LogP contribution in [0.15, 0.2) is 71.8 Å². The SMILES string of the molecule is CCn1nc(-c2cccc(-c3cccc(C(=O)N4CCCC4)c3)c2)cc(NC(=O)Nc2c(Cl)cncc2Cl)c1=O. The lowest BCUT2D eigenvalue weighted by molar-refractivity contribution is 0.0793. The van der Waals surface area contributed by atoms with Gasteiger partial charge in [0.2, 0.25) is 0 Å². The molecular formula is C29H26Cl2N6O3. The molecule has 0 aliphatic carbocycles. The highest BCUT2D eigenvalue weighted by atomic mass is 35.5. The Morgan fingerprint density at radius 2 is 1.55 bits per heavy atom. The number of carbonyl (C=O) groups excluding carboxylic acids is 2. The van der Waals surface area contributed by atoms with Crippen molar-refractivity contribution in [2.75, 3.05) is 23.7 Å². The van der Waals surface area contributed by atoms with E-state index in [1.807, 2.05) is 53.4 Å². The zero-order valence-electron chi connectivity index (χ0n) is 21.7. The second-order valence-electron chi connectivity index (χ2n) is 9.28. The Morgan fingerprint density at radius 3 is 2.25 bits per heavy atom. The van der Waals surface area contributed by atoms with Gasteiger partial charge in [-0.15, -0.1) is 0 Å². The Labute approximate surface area is 240 Å². The number of pyridine rings is 1. The lowest BCUT2D eigenvalue weighted by Gasteiger charge is -2.16. The van der Waals surface area contributed by atoms with Crippen LogP contribution in [0.2, 0.25) is 10.0 Å². The van der Waals surface area contributed by atoms with E-state index < -0.39 is 11.6 Å². The Hall–Kier alpha value is -4.21. The molecule has 2 aromatic heterocycles. The average molecular weight is 577 g/mol. The molecule has 2 N–H and O–H groups in total. The van der Waals surface area contributed by atoms with E-state index >= 15 is 0 Å². The number of nitrogens with zero attached hydrogens (tertiary/aromatic N) is 4. The first-order valence-corrected chi connectivity index (χ1v) is 13.6. The van der Waals surface area contributed by atoms with Gasteiger partial charge in [-0.05, 0) is 55.2 Å². The van der Waals surface area contributed by atoms with Gasteiger partial charge in [-0.25, -0.2) is 9.48 Å². The first-order valence-electron chi connectivity index (χ1n) is 12.8. The number of nitrogens with one attached hydrogen (secondary N) is 2. The summed E-state index contributed by atoms with van der Waals surface area (Å²) in [5, 5.41) is 9.96. The van der Waals surface area contributed by atoms with Crippen LogP contribution in [0.1, 0.15) is 30.1 Å². The number of hydrogen-bond donors (Lipinski definition) is 2. The maximum absolute atomic E-state index is 13.0. The van der Waals surface area contributed by atoms with E-state index in [0.717, 1.165) is 42.6 Å². The van der Waals surface area contributed by atoms with Gasteiger partial charge in [-0.1, -0.05) is 53.5 Å². The van der Waals surface area contributed by atoms with Crippen LogP contribution < -0.4 is 16.2 Å². The first kappa shape index (κ1) is 27.4. The molecule has 2 aromatic carbocycles. The van der Waals surface area contributed by atoms with Gasteiger partial charge in [0.1, 0.15) is 5.69 Å². The summed E-state index contributed by atoms with van der Waals surface area (Å²) in [6.45, 7) is 3.66. The number of urea groups is 1. The normalized spacial score (nSPS) is 12.8. The molecule has 1 saturated heterocycles. The van der Waals surface area contributed by atoms with Crippen LogP contribution >= 0.6 is 23.2 Å². The van der Waals surface area contributed by atoms with Gasteiger partial charge in [0.25, 0.3) is 11.5 Å². The van der Waals surface area contributed by atoms with Crippen molar-refractivity contribution in [3.8, 4) is 22.4 Å². The van der Waals surface area contributed by atoms with E-state index in [4.69, 9.17) is 23.2 Å². The van der Waals surface area contributed by atoms with E-state index in [0.29, 0.717) is 17.8 Å². The van der Waals surface area contributed by atoms with E-state index in [-0.39, 0.29) is 27.3 Å². The highest BCUT2D eigenvalue weighted by molar-refractivity contribution is 6.39. The number of likely N-dealkylation sites (tertiary alicyclic amines) is 1. The summed E-state index contributed by atoms with van der Waals surface area (Å²) in [5.41, 5.74) is 3.40.